The first-order valence-corrected chi connectivity index (χ1v) is 7.43. The molecule has 3 nitrogen and oxygen atoms in total. The van der Waals surface area contributed by atoms with Crippen LogP contribution in [0.15, 0.2) is 41.4 Å². The van der Waals surface area contributed by atoms with Crippen molar-refractivity contribution in [2.75, 3.05) is 7.11 Å². The Morgan fingerprint density at radius 1 is 1.21 bits per heavy atom. The molecule has 0 spiro atoms. The van der Waals surface area contributed by atoms with E-state index < -0.39 is 10.8 Å². The van der Waals surface area contributed by atoms with Crippen molar-refractivity contribution >= 4 is 10.8 Å². The topological polar surface area (TPSA) is 40.4 Å². The summed E-state index contributed by atoms with van der Waals surface area (Å²) in [5.41, 5.74) is 3.02. The summed E-state index contributed by atoms with van der Waals surface area (Å²) in [5, 5.41) is 0. The van der Waals surface area contributed by atoms with Crippen molar-refractivity contribution < 1.29 is 13.9 Å². The molecule has 0 saturated carbocycles. The molecule has 0 amide bonds. The minimum absolute atomic E-state index is 0.465. The second-order valence-corrected chi connectivity index (χ2v) is 5.86. The van der Waals surface area contributed by atoms with Crippen molar-refractivity contribution in [3.63, 3.8) is 0 Å². The number of ether oxygens (including phenoxy) is 1. The average Bonchev–Trinajstić information content (AvgIpc) is 2.43. The van der Waals surface area contributed by atoms with E-state index in [0.717, 1.165) is 27.5 Å². The van der Waals surface area contributed by atoms with Crippen molar-refractivity contribution in [1.82, 2.24) is 0 Å². The molecule has 0 saturated heterocycles. The Hall–Kier alpha value is -1.68. The summed E-state index contributed by atoms with van der Waals surface area (Å²) in [7, 11) is 0.612. The first kappa shape index (κ1) is 13.7. The third kappa shape index (κ3) is 3.01. The van der Waals surface area contributed by atoms with Gasteiger partial charge < -0.3 is 4.74 Å². The maximum Gasteiger partial charge on any atom is 0.199 e. The van der Waals surface area contributed by atoms with Gasteiger partial charge in [0.2, 0.25) is 0 Å². The first-order valence-electron chi connectivity index (χ1n) is 6.11. The minimum Gasteiger partial charge on any atom is -0.496 e. The predicted molar refractivity (Wildman–Crippen MR) is 75.6 cm³/mol. The van der Waals surface area contributed by atoms with Gasteiger partial charge in [-0.2, -0.15) is 0 Å². The maximum atomic E-state index is 12.3. The fourth-order valence-corrected chi connectivity index (χ4v) is 3.24. The monoisotopic (exact) mass is 276 g/mol. The van der Waals surface area contributed by atoms with Crippen LogP contribution in [0.4, 0.5) is 0 Å². The Morgan fingerprint density at radius 3 is 2.53 bits per heavy atom. The molecule has 0 aliphatic carbocycles. The van der Waals surface area contributed by atoms with E-state index in [4.69, 9.17) is 4.74 Å². The van der Waals surface area contributed by atoms with Crippen molar-refractivity contribution in [3.8, 4) is 5.75 Å². The van der Waals surface area contributed by atoms with E-state index in [1.165, 1.54) is 0 Å². The summed E-state index contributed by atoms with van der Waals surface area (Å²) in [5.74, 6) is 1.32. The van der Waals surface area contributed by atoms with Gasteiger partial charge in [-0.3, -0.25) is 4.21 Å². The lowest BCUT2D eigenvalue weighted by molar-refractivity contribution is -0.389. The van der Waals surface area contributed by atoms with Gasteiger partial charge in [0.25, 0.3) is 0 Å². The number of methoxy groups -OCH3 is 1. The van der Waals surface area contributed by atoms with Crippen molar-refractivity contribution in [3.05, 3.63) is 53.3 Å². The van der Waals surface area contributed by atoms with Crippen LogP contribution >= 0.6 is 0 Å². The third-order valence-corrected chi connectivity index (χ3v) is 4.45. The Kier molecular flexibility index (Phi) is 4.32. The number of pyridine rings is 1. The number of hydrogen-bond donors (Lipinski definition) is 0. The summed E-state index contributed by atoms with van der Waals surface area (Å²) in [6, 6.07) is 9.50. The molecule has 1 unspecified atom stereocenters. The zero-order chi connectivity index (χ0) is 13.8. The van der Waals surface area contributed by atoms with Crippen LogP contribution in [0.25, 0.3) is 0 Å². The molecule has 4 heteroatoms. The summed E-state index contributed by atoms with van der Waals surface area (Å²) in [4.78, 5) is 4.05. The Bertz CT molecular complexity index is 597. The highest BCUT2D eigenvalue weighted by Crippen LogP contribution is 2.23. The number of rotatable bonds is 4. The zero-order valence-electron chi connectivity index (χ0n) is 11.4. The molecular formula is C15H18NO2S+. The fraction of sp³-hybridized carbons (Fsp3) is 0.267. The van der Waals surface area contributed by atoms with E-state index in [0.29, 0.717) is 5.75 Å². The highest BCUT2D eigenvalue weighted by molar-refractivity contribution is 7.84. The lowest BCUT2D eigenvalue weighted by atomic mass is 10.1. The molecule has 2 aromatic rings. The van der Waals surface area contributed by atoms with Gasteiger partial charge in [0.15, 0.2) is 11.9 Å². The van der Waals surface area contributed by atoms with Gasteiger partial charge in [0.1, 0.15) is 11.5 Å². The van der Waals surface area contributed by atoms with Crippen LogP contribution in [0, 0.1) is 13.8 Å². The quantitative estimate of drug-likeness (QED) is 0.860. The van der Waals surface area contributed by atoms with E-state index in [1.54, 1.807) is 7.11 Å². The van der Waals surface area contributed by atoms with Crippen LogP contribution in [0.1, 0.15) is 16.8 Å². The summed E-state index contributed by atoms with van der Waals surface area (Å²) < 4.78 is 17.7. The highest BCUT2D eigenvalue weighted by atomic mass is 32.2. The maximum absolute atomic E-state index is 12.3. The second-order valence-electron chi connectivity index (χ2n) is 4.41. The number of H-pyrrole nitrogens is 1. The molecule has 0 bridgehead atoms. The number of aryl methyl sites for hydroxylation is 1. The molecule has 19 heavy (non-hydrogen) atoms. The molecule has 0 radical (unpaired) electrons. The largest absolute Gasteiger partial charge is 0.496 e. The van der Waals surface area contributed by atoms with E-state index in [2.05, 4.69) is 4.98 Å². The van der Waals surface area contributed by atoms with E-state index in [1.807, 2.05) is 50.4 Å². The molecule has 0 aliphatic rings. The predicted octanol–water partition coefficient (Wildman–Crippen LogP) is 2.43. The van der Waals surface area contributed by atoms with Gasteiger partial charge >= 0.3 is 0 Å². The lowest BCUT2D eigenvalue weighted by Gasteiger charge is -2.08. The molecule has 2 rings (SSSR count). The standard InChI is InChI=1S/C15H17NO2S/c1-11-9-16-14(12(2)15(11)18-3)10-19(17)13-7-5-4-6-8-13/h4-9H,10H2,1-3H3/p+1. The van der Waals surface area contributed by atoms with Gasteiger partial charge in [-0.15, -0.1) is 0 Å². The Morgan fingerprint density at radius 2 is 1.89 bits per heavy atom. The number of hydrogen-bond acceptors (Lipinski definition) is 2. The van der Waals surface area contributed by atoms with Gasteiger partial charge in [-0.1, -0.05) is 18.2 Å². The van der Waals surface area contributed by atoms with E-state index in [-0.39, 0.29) is 0 Å². The SMILES string of the molecule is COc1c(C)c[nH+]c(CS(=O)c2ccccc2)c1C. The second kappa shape index (κ2) is 5.97. The Labute approximate surface area is 116 Å². The Balaban J connectivity index is 2.27. The molecule has 1 atom stereocenters. The number of benzene rings is 1. The fourth-order valence-electron chi connectivity index (χ4n) is 2.05. The van der Waals surface area contributed by atoms with Crippen molar-refractivity contribution in [2.45, 2.75) is 24.5 Å². The zero-order valence-corrected chi connectivity index (χ0v) is 12.2. The first-order chi connectivity index (χ1) is 9.13. The minimum atomic E-state index is -1.05. The molecule has 1 aromatic carbocycles. The molecule has 1 N–H and O–H groups in total. The summed E-state index contributed by atoms with van der Waals surface area (Å²) in [6.07, 6.45) is 1.89. The molecule has 100 valence electrons. The van der Waals surface area contributed by atoms with Gasteiger partial charge in [-0.25, -0.2) is 4.98 Å². The number of aromatic nitrogens is 1. The summed E-state index contributed by atoms with van der Waals surface area (Å²) >= 11 is 0. The molecule has 1 heterocycles. The van der Waals surface area contributed by atoms with Gasteiger partial charge in [-0.05, 0) is 26.0 Å². The normalized spacial score (nSPS) is 12.2. The van der Waals surface area contributed by atoms with Crippen LogP contribution in [0.3, 0.4) is 0 Å². The lowest BCUT2D eigenvalue weighted by Crippen LogP contribution is -2.17. The van der Waals surface area contributed by atoms with Crippen LogP contribution in [0.2, 0.25) is 0 Å². The molecule has 0 fully saturated rings. The third-order valence-electron chi connectivity index (χ3n) is 3.10. The van der Waals surface area contributed by atoms with Crippen LogP contribution in [-0.4, -0.2) is 11.3 Å². The number of nitrogens with one attached hydrogen (secondary N) is 1. The number of aromatic amines is 1. The summed E-state index contributed by atoms with van der Waals surface area (Å²) in [6.45, 7) is 3.97. The highest BCUT2D eigenvalue weighted by Gasteiger charge is 2.17. The van der Waals surface area contributed by atoms with Crippen LogP contribution < -0.4 is 9.72 Å². The van der Waals surface area contributed by atoms with Crippen LogP contribution in [0.5, 0.6) is 5.75 Å². The molecule has 0 aliphatic heterocycles. The van der Waals surface area contributed by atoms with Crippen molar-refractivity contribution in [1.29, 1.82) is 0 Å². The van der Waals surface area contributed by atoms with Crippen molar-refractivity contribution in [2.24, 2.45) is 0 Å². The van der Waals surface area contributed by atoms with E-state index >= 15 is 0 Å². The van der Waals surface area contributed by atoms with Gasteiger partial charge in [0, 0.05) is 4.90 Å². The molecule has 1 aromatic heterocycles. The van der Waals surface area contributed by atoms with Crippen LogP contribution in [-0.2, 0) is 16.6 Å². The van der Waals surface area contributed by atoms with Gasteiger partial charge in [0.05, 0.1) is 29.0 Å². The smallest absolute Gasteiger partial charge is 0.199 e. The molecular weight excluding hydrogens is 258 g/mol. The average molecular weight is 276 g/mol. The van der Waals surface area contributed by atoms with E-state index in [9.17, 15) is 4.21 Å².